The summed E-state index contributed by atoms with van der Waals surface area (Å²) < 4.78 is 26.6. The Morgan fingerprint density at radius 2 is 2.11 bits per heavy atom. The Labute approximate surface area is 115 Å². The summed E-state index contributed by atoms with van der Waals surface area (Å²) in [5, 5.41) is 14.4. The summed E-state index contributed by atoms with van der Waals surface area (Å²) in [7, 11) is 0. The third-order valence-electron chi connectivity index (χ3n) is 2.37. The van der Waals surface area contributed by atoms with E-state index in [2.05, 4.69) is 21.2 Å². The molecule has 2 rings (SSSR count). The van der Waals surface area contributed by atoms with Crippen LogP contribution in [0.15, 0.2) is 34.1 Å². The monoisotopic (exact) mass is 333 g/mol. The number of rotatable bonds is 4. The van der Waals surface area contributed by atoms with Gasteiger partial charge in [0, 0.05) is 17.5 Å². The topological polar surface area (TPSA) is 32.3 Å². The zero-order chi connectivity index (χ0) is 13.1. The second-order valence-corrected chi connectivity index (χ2v) is 5.49. The molecule has 1 aromatic carbocycles. The van der Waals surface area contributed by atoms with Crippen molar-refractivity contribution >= 4 is 33.0 Å². The van der Waals surface area contributed by atoms with Gasteiger partial charge in [-0.15, -0.1) is 11.3 Å². The first-order valence-corrected chi connectivity index (χ1v) is 6.85. The molecule has 2 aromatic rings. The molecular formula is C12H10BrF2NOS. The molecule has 0 amide bonds. The fourth-order valence-electron chi connectivity index (χ4n) is 1.45. The summed E-state index contributed by atoms with van der Waals surface area (Å²) in [6, 6.07) is 5.74. The van der Waals surface area contributed by atoms with Crippen molar-refractivity contribution in [2.75, 3.05) is 11.9 Å². The lowest BCUT2D eigenvalue weighted by atomic mass is 10.2. The molecule has 2 N–H and O–H groups in total. The minimum absolute atomic E-state index is 0.152. The third kappa shape index (κ3) is 3.07. The van der Waals surface area contributed by atoms with Crippen LogP contribution in [0.2, 0.25) is 0 Å². The second-order valence-electron chi connectivity index (χ2n) is 3.66. The van der Waals surface area contributed by atoms with Gasteiger partial charge in [-0.05, 0) is 33.4 Å². The molecule has 1 heterocycles. The lowest BCUT2D eigenvalue weighted by Crippen LogP contribution is -2.12. The van der Waals surface area contributed by atoms with E-state index in [9.17, 15) is 13.9 Å². The van der Waals surface area contributed by atoms with E-state index in [1.54, 1.807) is 6.07 Å². The Morgan fingerprint density at radius 3 is 2.78 bits per heavy atom. The van der Waals surface area contributed by atoms with E-state index in [1.165, 1.54) is 17.4 Å². The van der Waals surface area contributed by atoms with Crippen LogP contribution in [-0.2, 0) is 0 Å². The molecule has 0 fully saturated rings. The lowest BCUT2D eigenvalue weighted by Gasteiger charge is -2.12. The van der Waals surface area contributed by atoms with Crippen molar-refractivity contribution in [3.63, 3.8) is 0 Å². The SMILES string of the molecule is OC(CNc1cc(Br)c(F)cc1F)c1cccs1. The standard InChI is InChI=1S/C12H10BrF2NOS/c13-7-4-10(9(15)5-8(7)14)16-6-11(17)12-2-1-3-18-12/h1-5,11,16-17H,6H2. The smallest absolute Gasteiger partial charge is 0.149 e. The van der Waals surface area contributed by atoms with Crippen molar-refractivity contribution in [1.82, 2.24) is 0 Å². The quantitative estimate of drug-likeness (QED) is 0.831. The predicted octanol–water partition coefficient (Wildman–Crippen LogP) is 3.93. The fourth-order valence-corrected chi connectivity index (χ4v) is 2.50. The molecule has 1 aromatic heterocycles. The van der Waals surface area contributed by atoms with E-state index in [-0.39, 0.29) is 16.7 Å². The number of hydrogen-bond donors (Lipinski definition) is 2. The number of thiophene rings is 1. The number of anilines is 1. The molecule has 1 atom stereocenters. The zero-order valence-corrected chi connectivity index (χ0v) is 11.6. The van der Waals surface area contributed by atoms with E-state index in [4.69, 9.17) is 0 Å². The molecule has 18 heavy (non-hydrogen) atoms. The molecule has 0 aliphatic heterocycles. The van der Waals surface area contributed by atoms with Crippen molar-refractivity contribution < 1.29 is 13.9 Å². The molecule has 0 radical (unpaired) electrons. The second kappa shape index (κ2) is 5.77. The van der Waals surface area contributed by atoms with E-state index in [0.717, 1.165) is 10.9 Å². The molecule has 0 aliphatic rings. The first kappa shape index (κ1) is 13.5. The average Bonchev–Trinajstić information content (AvgIpc) is 2.85. The third-order valence-corrected chi connectivity index (χ3v) is 3.95. The Balaban J connectivity index is 2.04. The predicted molar refractivity (Wildman–Crippen MR) is 71.8 cm³/mol. The number of nitrogens with one attached hydrogen (secondary N) is 1. The van der Waals surface area contributed by atoms with Gasteiger partial charge in [-0.3, -0.25) is 0 Å². The summed E-state index contributed by atoms with van der Waals surface area (Å²) in [6.45, 7) is 0.162. The zero-order valence-electron chi connectivity index (χ0n) is 9.16. The lowest BCUT2D eigenvalue weighted by molar-refractivity contribution is 0.195. The highest BCUT2D eigenvalue weighted by atomic mass is 79.9. The number of aliphatic hydroxyl groups excluding tert-OH is 1. The highest BCUT2D eigenvalue weighted by Crippen LogP contribution is 2.25. The van der Waals surface area contributed by atoms with Crippen LogP contribution >= 0.6 is 27.3 Å². The highest BCUT2D eigenvalue weighted by Gasteiger charge is 2.11. The number of aliphatic hydroxyl groups is 1. The van der Waals surface area contributed by atoms with Crippen LogP contribution in [-0.4, -0.2) is 11.7 Å². The maximum atomic E-state index is 13.4. The number of halogens is 3. The molecule has 6 heteroatoms. The van der Waals surface area contributed by atoms with Gasteiger partial charge in [0.1, 0.15) is 17.7 Å². The van der Waals surface area contributed by atoms with Gasteiger partial charge in [0.25, 0.3) is 0 Å². The summed E-state index contributed by atoms with van der Waals surface area (Å²) in [5.74, 6) is -1.34. The number of hydrogen-bond acceptors (Lipinski definition) is 3. The molecule has 96 valence electrons. The van der Waals surface area contributed by atoms with Gasteiger partial charge in [-0.1, -0.05) is 6.07 Å². The molecule has 0 saturated carbocycles. The van der Waals surface area contributed by atoms with Crippen molar-refractivity contribution in [2.24, 2.45) is 0 Å². The van der Waals surface area contributed by atoms with Gasteiger partial charge in [-0.2, -0.15) is 0 Å². The molecular weight excluding hydrogens is 324 g/mol. The van der Waals surface area contributed by atoms with Crippen LogP contribution in [0.3, 0.4) is 0 Å². The summed E-state index contributed by atoms with van der Waals surface area (Å²) in [6.07, 6.45) is -0.715. The molecule has 0 bridgehead atoms. The average molecular weight is 334 g/mol. The van der Waals surface area contributed by atoms with E-state index in [1.807, 2.05) is 11.4 Å². The normalized spacial score (nSPS) is 12.4. The Kier molecular flexibility index (Phi) is 4.31. The summed E-state index contributed by atoms with van der Waals surface area (Å²) in [4.78, 5) is 0.795. The molecule has 1 unspecified atom stereocenters. The van der Waals surface area contributed by atoms with Crippen LogP contribution in [0.4, 0.5) is 14.5 Å². The summed E-state index contributed by atoms with van der Waals surface area (Å²) >= 11 is 4.41. The van der Waals surface area contributed by atoms with Gasteiger partial charge in [0.15, 0.2) is 0 Å². The summed E-state index contributed by atoms with van der Waals surface area (Å²) in [5.41, 5.74) is 0.152. The van der Waals surface area contributed by atoms with Crippen LogP contribution < -0.4 is 5.32 Å². The van der Waals surface area contributed by atoms with Crippen molar-refractivity contribution in [3.05, 3.63) is 50.6 Å². The van der Waals surface area contributed by atoms with Gasteiger partial charge < -0.3 is 10.4 Å². The molecule has 0 saturated heterocycles. The van der Waals surface area contributed by atoms with E-state index >= 15 is 0 Å². The maximum Gasteiger partial charge on any atom is 0.149 e. The van der Waals surface area contributed by atoms with E-state index in [0.29, 0.717) is 0 Å². The van der Waals surface area contributed by atoms with Gasteiger partial charge in [-0.25, -0.2) is 8.78 Å². The Bertz CT molecular complexity index is 533. The number of benzene rings is 1. The molecule has 0 spiro atoms. The fraction of sp³-hybridized carbons (Fsp3) is 0.167. The Morgan fingerprint density at radius 1 is 1.33 bits per heavy atom. The highest BCUT2D eigenvalue weighted by molar-refractivity contribution is 9.10. The van der Waals surface area contributed by atoms with Crippen LogP contribution in [0.1, 0.15) is 11.0 Å². The minimum Gasteiger partial charge on any atom is -0.386 e. The largest absolute Gasteiger partial charge is 0.386 e. The van der Waals surface area contributed by atoms with Crippen molar-refractivity contribution in [2.45, 2.75) is 6.10 Å². The van der Waals surface area contributed by atoms with Gasteiger partial charge in [0.05, 0.1) is 10.2 Å². The van der Waals surface area contributed by atoms with Crippen molar-refractivity contribution in [1.29, 1.82) is 0 Å². The van der Waals surface area contributed by atoms with Gasteiger partial charge >= 0.3 is 0 Å². The van der Waals surface area contributed by atoms with E-state index < -0.39 is 17.7 Å². The van der Waals surface area contributed by atoms with Crippen molar-refractivity contribution in [3.8, 4) is 0 Å². The minimum atomic E-state index is -0.715. The van der Waals surface area contributed by atoms with Crippen LogP contribution in [0, 0.1) is 11.6 Å². The first-order valence-electron chi connectivity index (χ1n) is 5.18. The maximum absolute atomic E-state index is 13.4. The molecule has 0 aliphatic carbocycles. The molecule has 2 nitrogen and oxygen atoms in total. The Hall–Kier alpha value is -0.980. The van der Waals surface area contributed by atoms with Gasteiger partial charge in [0.2, 0.25) is 0 Å². The van der Waals surface area contributed by atoms with Crippen LogP contribution in [0.25, 0.3) is 0 Å². The first-order chi connectivity index (χ1) is 8.58. The van der Waals surface area contributed by atoms with Crippen LogP contribution in [0.5, 0.6) is 0 Å².